The van der Waals surface area contributed by atoms with Crippen molar-refractivity contribution in [2.24, 2.45) is 13.0 Å². The van der Waals surface area contributed by atoms with Crippen molar-refractivity contribution in [3.05, 3.63) is 47.7 Å². The van der Waals surface area contributed by atoms with Gasteiger partial charge < -0.3 is 34.1 Å². The molecule has 3 aromatic rings. The maximum Gasteiger partial charge on any atom is 0.321 e. The van der Waals surface area contributed by atoms with Crippen LogP contribution in [0, 0.1) is 19.8 Å². The highest BCUT2D eigenvalue weighted by Gasteiger charge is 2.32. The van der Waals surface area contributed by atoms with Crippen molar-refractivity contribution in [3.8, 4) is 5.75 Å². The summed E-state index contributed by atoms with van der Waals surface area (Å²) in [6.45, 7) is 7.30. The van der Waals surface area contributed by atoms with Gasteiger partial charge in [-0.3, -0.25) is 9.52 Å². The van der Waals surface area contributed by atoms with E-state index in [4.69, 9.17) is 9.26 Å². The number of aliphatic hydroxyl groups is 1. The summed E-state index contributed by atoms with van der Waals surface area (Å²) in [5, 5.41) is 16.4. The quantitative estimate of drug-likeness (QED) is 0.349. The van der Waals surface area contributed by atoms with Gasteiger partial charge in [0.15, 0.2) is 10.8 Å². The molecule has 14 nitrogen and oxygen atoms in total. The third kappa shape index (κ3) is 6.85. The number of aryl methyl sites for hydroxylation is 3. The summed E-state index contributed by atoms with van der Waals surface area (Å²) in [6.07, 6.45) is 2.13. The lowest BCUT2D eigenvalue weighted by Gasteiger charge is -2.34. The van der Waals surface area contributed by atoms with E-state index in [1.54, 1.807) is 58.0 Å². The number of aliphatic hydroxyl groups excluding tert-OH is 1. The summed E-state index contributed by atoms with van der Waals surface area (Å²) in [5.74, 6) is 0.379. The first-order valence-electron chi connectivity index (χ1n) is 13.4. The normalized spacial score (nSPS) is 18.3. The van der Waals surface area contributed by atoms with Crippen LogP contribution in [0.5, 0.6) is 5.75 Å². The van der Waals surface area contributed by atoms with Crippen LogP contribution >= 0.6 is 0 Å². The van der Waals surface area contributed by atoms with Crippen molar-refractivity contribution >= 4 is 33.3 Å². The number of rotatable bonds is 8. The highest BCUT2D eigenvalue weighted by atomic mass is 32.2. The van der Waals surface area contributed by atoms with Gasteiger partial charge in [0.2, 0.25) is 5.91 Å². The molecule has 15 heteroatoms. The maximum absolute atomic E-state index is 13.4. The molecular weight excluding hydrogens is 566 g/mol. The number of fused-ring (bicyclic) bond motifs is 1. The number of sulfonamides is 1. The topological polar surface area (TPSA) is 172 Å². The Balaban J connectivity index is 1.62. The molecule has 1 aromatic carbocycles. The molecule has 3 amide bonds. The monoisotopic (exact) mass is 603 g/mol. The zero-order chi connectivity index (χ0) is 30.8. The Morgan fingerprint density at radius 2 is 2.05 bits per heavy atom. The third-order valence-electron chi connectivity index (χ3n) is 7.19. The number of hydrogen-bond acceptors (Lipinski definition) is 9. The van der Waals surface area contributed by atoms with Crippen molar-refractivity contribution in [1.82, 2.24) is 24.5 Å². The van der Waals surface area contributed by atoms with Gasteiger partial charge in [-0.05, 0) is 39.0 Å². The Bertz CT molecular complexity index is 1530. The molecule has 0 radical (unpaired) electrons. The third-order valence-corrected chi connectivity index (χ3v) is 8.46. The molecule has 1 aliphatic rings. The lowest BCUT2D eigenvalue weighted by atomic mass is 10.0. The lowest BCUT2D eigenvalue weighted by Crippen LogP contribution is -2.48. The molecule has 0 fully saturated rings. The van der Waals surface area contributed by atoms with E-state index in [0.717, 1.165) is 0 Å². The van der Waals surface area contributed by atoms with E-state index < -0.39 is 28.2 Å². The number of imidazole rings is 1. The molecule has 3 heterocycles. The van der Waals surface area contributed by atoms with Gasteiger partial charge in [0, 0.05) is 44.0 Å². The van der Waals surface area contributed by atoms with Crippen LogP contribution in [0.3, 0.4) is 0 Å². The summed E-state index contributed by atoms with van der Waals surface area (Å²) < 4.78 is 41.3. The van der Waals surface area contributed by atoms with Crippen LogP contribution in [0.2, 0.25) is 0 Å². The molecule has 0 aliphatic carbocycles. The van der Waals surface area contributed by atoms with Crippen molar-refractivity contribution in [3.63, 3.8) is 0 Å². The van der Waals surface area contributed by atoms with E-state index in [1.165, 1.54) is 22.0 Å². The maximum atomic E-state index is 13.4. The Morgan fingerprint density at radius 1 is 1.31 bits per heavy atom. The SMILES string of the molecule is Cc1noc(C)c1NC(=O)N(C)C[C@@H]1Oc2ccc(NS(=O)(=O)c3cn(C)cn3)cc2CC(=O)N([C@H](C)CO)C[C@@H]1C. The molecule has 0 saturated carbocycles. The van der Waals surface area contributed by atoms with E-state index >= 15 is 0 Å². The summed E-state index contributed by atoms with van der Waals surface area (Å²) in [7, 11) is -0.675. The van der Waals surface area contributed by atoms with Crippen molar-refractivity contribution in [2.45, 2.75) is 51.3 Å². The van der Waals surface area contributed by atoms with Crippen LogP contribution in [0.25, 0.3) is 0 Å². The predicted octanol–water partition coefficient (Wildman–Crippen LogP) is 2.14. The first-order chi connectivity index (χ1) is 19.8. The van der Waals surface area contributed by atoms with Gasteiger partial charge in [0.1, 0.15) is 23.2 Å². The zero-order valence-electron chi connectivity index (χ0n) is 24.5. The predicted molar refractivity (Wildman–Crippen MR) is 154 cm³/mol. The largest absolute Gasteiger partial charge is 0.488 e. The van der Waals surface area contributed by atoms with Crippen molar-refractivity contribution in [1.29, 1.82) is 0 Å². The highest BCUT2D eigenvalue weighted by molar-refractivity contribution is 7.92. The van der Waals surface area contributed by atoms with Gasteiger partial charge in [0.25, 0.3) is 10.0 Å². The number of amides is 3. The van der Waals surface area contributed by atoms with Gasteiger partial charge >= 0.3 is 6.03 Å². The summed E-state index contributed by atoms with van der Waals surface area (Å²) in [6, 6.07) is 3.85. The molecule has 0 spiro atoms. The fourth-order valence-electron chi connectivity index (χ4n) is 4.66. The van der Waals surface area contributed by atoms with Gasteiger partial charge in [-0.2, -0.15) is 8.42 Å². The number of urea groups is 1. The molecule has 3 atom stereocenters. The molecule has 4 rings (SSSR count). The Morgan fingerprint density at radius 3 is 2.67 bits per heavy atom. The van der Waals surface area contributed by atoms with Gasteiger partial charge in [-0.1, -0.05) is 12.1 Å². The smallest absolute Gasteiger partial charge is 0.321 e. The number of nitrogens with one attached hydrogen (secondary N) is 2. The average molecular weight is 604 g/mol. The standard InChI is InChI=1S/C27H37N7O7S/c1-16-11-34(17(2)14-35)25(36)10-20-9-21(31-42(38,39)24-13-32(5)15-28-24)7-8-22(20)40-23(16)12-33(6)27(37)29-26-18(3)30-41-19(26)4/h7-9,13,15-17,23,31,35H,10-12,14H2,1-6H3,(H,29,37)/t16-,17+,23-/m0/s1. The van der Waals surface area contributed by atoms with E-state index in [2.05, 4.69) is 20.2 Å². The Hall–Kier alpha value is -4.11. The minimum Gasteiger partial charge on any atom is -0.488 e. The molecular formula is C27H37N7O7S. The molecule has 0 unspecified atom stereocenters. The molecule has 0 bridgehead atoms. The second-order valence-corrected chi connectivity index (χ2v) is 12.3. The second-order valence-electron chi connectivity index (χ2n) is 10.7. The van der Waals surface area contributed by atoms with Crippen molar-refractivity contribution < 1.29 is 32.4 Å². The molecule has 0 saturated heterocycles. The molecule has 42 heavy (non-hydrogen) atoms. The fourth-order valence-corrected chi connectivity index (χ4v) is 5.70. The van der Waals surface area contributed by atoms with Gasteiger partial charge in [0.05, 0.1) is 31.9 Å². The summed E-state index contributed by atoms with van der Waals surface area (Å²) >= 11 is 0. The minimum absolute atomic E-state index is 0.0827. The van der Waals surface area contributed by atoms with Crippen LogP contribution < -0.4 is 14.8 Å². The number of nitrogens with zero attached hydrogens (tertiary/aromatic N) is 5. The van der Waals surface area contributed by atoms with Gasteiger partial charge in [-0.15, -0.1) is 0 Å². The first kappa shape index (κ1) is 30.8. The number of anilines is 2. The van der Waals surface area contributed by atoms with Crippen LogP contribution in [0.15, 0.2) is 40.3 Å². The second kappa shape index (κ2) is 12.4. The van der Waals surface area contributed by atoms with Crippen LogP contribution in [0.4, 0.5) is 16.2 Å². The molecule has 1 aliphatic heterocycles. The van der Waals surface area contributed by atoms with E-state index in [0.29, 0.717) is 28.5 Å². The van der Waals surface area contributed by atoms with E-state index in [-0.39, 0.29) is 48.7 Å². The number of carbonyl (C=O) groups excluding carboxylic acids is 2. The summed E-state index contributed by atoms with van der Waals surface area (Å²) in [5.41, 5.74) is 1.74. The van der Waals surface area contributed by atoms with Crippen molar-refractivity contribution in [2.75, 3.05) is 36.8 Å². The number of hydrogen-bond donors (Lipinski definition) is 3. The van der Waals surface area contributed by atoms with E-state index in [1.807, 2.05) is 6.92 Å². The Labute approximate surface area is 244 Å². The van der Waals surface area contributed by atoms with Crippen LogP contribution in [-0.4, -0.2) is 88.9 Å². The molecule has 3 N–H and O–H groups in total. The highest BCUT2D eigenvalue weighted by Crippen LogP contribution is 2.30. The number of aromatic nitrogens is 3. The molecule has 2 aromatic heterocycles. The number of likely N-dealkylation sites (N-methyl/N-ethyl adjacent to an activating group) is 1. The number of benzene rings is 1. The van der Waals surface area contributed by atoms with E-state index in [9.17, 15) is 23.1 Å². The zero-order valence-corrected chi connectivity index (χ0v) is 25.3. The fraction of sp³-hybridized carbons (Fsp3) is 0.481. The number of carbonyl (C=O) groups is 2. The lowest BCUT2D eigenvalue weighted by molar-refractivity contribution is -0.134. The number of ether oxygens (including phenoxy) is 1. The average Bonchev–Trinajstić information content (AvgIpc) is 3.53. The van der Waals surface area contributed by atoms with Crippen LogP contribution in [-0.2, 0) is 28.3 Å². The van der Waals surface area contributed by atoms with Gasteiger partial charge in [-0.25, -0.2) is 9.78 Å². The molecule has 228 valence electrons. The first-order valence-corrected chi connectivity index (χ1v) is 14.9. The Kier molecular flexibility index (Phi) is 9.11. The van der Waals surface area contributed by atoms with Crippen LogP contribution in [0.1, 0.15) is 30.9 Å². The minimum atomic E-state index is -3.97. The summed E-state index contributed by atoms with van der Waals surface area (Å²) in [4.78, 5) is 33.5.